The molecular formula is C16H21NO6. The fourth-order valence-corrected chi connectivity index (χ4v) is 2.38. The maximum Gasteiger partial charge on any atom is 0.323 e. The first-order chi connectivity index (χ1) is 10.8. The third-order valence-electron chi connectivity index (χ3n) is 3.44. The van der Waals surface area contributed by atoms with E-state index in [9.17, 15) is 14.7 Å². The van der Waals surface area contributed by atoms with Crippen molar-refractivity contribution in [2.24, 2.45) is 0 Å². The number of carboxylic acids is 1. The standard InChI is InChI=1S/C16H21NO6/c1-4-5-22-12-7-10(9-18)6-11-14(12)23-16(2,3)15(21)17(11)8-13(19)20/h6-7,18H,4-5,8-9H2,1-3H3,(H,19,20). The number of hydrogen-bond acceptors (Lipinski definition) is 5. The van der Waals surface area contributed by atoms with Crippen LogP contribution in [0.1, 0.15) is 32.8 Å². The summed E-state index contributed by atoms with van der Waals surface area (Å²) in [4.78, 5) is 24.8. The van der Waals surface area contributed by atoms with Crippen molar-refractivity contribution in [3.63, 3.8) is 0 Å². The molecule has 1 aliphatic rings. The average Bonchev–Trinajstić information content (AvgIpc) is 2.49. The summed E-state index contributed by atoms with van der Waals surface area (Å²) in [7, 11) is 0. The van der Waals surface area contributed by atoms with E-state index in [1.54, 1.807) is 26.0 Å². The van der Waals surface area contributed by atoms with Crippen LogP contribution in [0.2, 0.25) is 0 Å². The number of fused-ring (bicyclic) bond motifs is 1. The highest BCUT2D eigenvalue weighted by Gasteiger charge is 2.43. The molecule has 7 nitrogen and oxygen atoms in total. The van der Waals surface area contributed by atoms with E-state index in [-0.39, 0.29) is 6.61 Å². The number of rotatable bonds is 6. The average molecular weight is 323 g/mol. The number of aliphatic carboxylic acids is 1. The second kappa shape index (κ2) is 6.45. The highest BCUT2D eigenvalue weighted by Crippen LogP contribution is 2.45. The molecular weight excluding hydrogens is 302 g/mol. The fourth-order valence-electron chi connectivity index (χ4n) is 2.38. The van der Waals surface area contributed by atoms with Gasteiger partial charge in [0.25, 0.3) is 5.91 Å². The Morgan fingerprint density at radius 3 is 2.65 bits per heavy atom. The van der Waals surface area contributed by atoms with E-state index in [4.69, 9.17) is 14.6 Å². The number of carbonyl (C=O) groups excluding carboxylic acids is 1. The Labute approximate surface area is 134 Å². The van der Waals surface area contributed by atoms with E-state index >= 15 is 0 Å². The summed E-state index contributed by atoms with van der Waals surface area (Å²) >= 11 is 0. The van der Waals surface area contributed by atoms with Crippen molar-refractivity contribution < 1.29 is 29.3 Å². The van der Waals surface area contributed by atoms with Crippen molar-refractivity contribution >= 4 is 17.6 Å². The topological polar surface area (TPSA) is 96.3 Å². The molecule has 0 radical (unpaired) electrons. The van der Waals surface area contributed by atoms with Gasteiger partial charge in [0.15, 0.2) is 17.1 Å². The molecule has 126 valence electrons. The first-order valence-corrected chi connectivity index (χ1v) is 7.43. The summed E-state index contributed by atoms with van der Waals surface area (Å²) in [6.45, 7) is 4.81. The van der Waals surface area contributed by atoms with Crippen LogP contribution in [-0.4, -0.2) is 40.8 Å². The number of carbonyl (C=O) groups is 2. The number of benzene rings is 1. The monoisotopic (exact) mass is 323 g/mol. The maximum absolute atomic E-state index is 12.5. The maximum atomic E-state index is 12.5. The molecule has 2 rings (SSSR count). The summed E-state index contributed by atoms with van der Waals surface area (Å²) in [5.74, 6) is -0.873. The number of carboxylic acid groups (broad SMARTS) is 1. The molecule has 0 saturated heterocycles. The number of anilines is 1. The largest absolute Gasteiger partial charge is 0.490 e. The van der Waals surface area contributed by atoms with Gasteiger partial charge in [-0.1, -0.05) is 6.92 Å². The predicted molar refractivity (Wildman–Crippen MR) is 82.8 cm³/mol. The Morgan fingerprint density at radius 1 is 1.39 bits per heavy atom. The van der Waals surface area contributed by atoms with Crippen LogP contribution < -0.4 is 14.4 Å². The zero-order valence-corrected chi connectivity index (χ0v) is 13.5. The van der Waals surface area contributed by atoms with E-state index in [2.05, 4.69) is 0 Å². The van der Waals surface area contributed by atoms with Crippen molar-refractivity contribution in [3.05, 3.63) is 17.7 Å². The molecule has 1 aromatic carbocycles. The van der Waals surface area contributed by atoms with Crippen LogP contribution >= 0.6 is 0 Å². The zero-order chi connectivity index (χ0) is 17.2. The van der Waals surface area contributed by atoms with Crippen molar-refractivity contribution in [2.45, 2.75) is 39.4 Å². The minimum absolute atomic E-state index is 0.256. The molecule has 0 aliphatic carbocycles. The second-order valence-electron chi connectivity index (χ2n) is 5.85. The molecule has 0 aromatic heterocycles. The van der Waals surface area contributed by atoms with E-state index in [1.165, 1.54) is 0 Å². The molecule has 1 aromatic rings. The second-order valence-corrected chi connectivity index (χ2v) is 5.85. The van der Waals surface area contributed by atoms with Crippen LogP contribution in [-0.2, 0) is 16.2 Å². The van der Waals surface area contributed by atoms with Crippen LogP contribution in [0.4, 0.5) is 5.69 Å². The summed E-state index contributed by atoms with van der Waals surface area (Å²) in [5.41, 5.74) is -0.385. The lowest BCUT2D eigenvalue weighted by atomic mass is 10.0. The van der Waals surface area contributed by atoms with E-state index in [0.717, 1.165) is 11.3 Å². The van der Waals surface area contributed by atoms with Crippen molar-refractivity contribution in [1.82, 2.24) is 0 Å². The number of ether oxygens (including phenoxy) is 2. The van der Waals surface area contributed by atoms with Crippen LogP contribution in [0.15, 0.2) is 12.1 Å². The highest BCUT2D eigenvalue weighted by atomic mass is 16.5. The van der Waals surface area contributed by atoms with Gasteiger partial charge in [0.05, 0.1) is 18.9 Å². The Morgan fingerprint density at radius 2 is 2.09 bits per heavy atom. The lowest BCUT2D eigenvalue weighted by Gasteiger charge is -2.38. The van der Waals surface area contributed by atoms with Gasteiger partial charge in [0, 0.05) is 0 Å². The lowest BCUT2D eigenvalue weighted by molar-refractivity contribution is -0.139. The van der Waals surface area contributed by atoms with Gasteiger partial charge >= 0.3 is 5.97 Å². The third-order valence-corrected chi connectivity index (χ3v) is 3.44. The highest BCUT2D eigenvalue weighted by molar-refractivity contribution is 6.05. The first-order valence-electron chi connectivity index (χ1n) is 7.43. The molecule has 1 aliphatic heterocycles. The van der Waals surface area contributed by atoms with Crippen LogP contribution in [0.3, 0.4) is 0 Å². The number of amides is 1. The number of hydrogen-bond donors (Lipinski definition) is 2. The smallest absolute Gasteiger partial charge is 0.323 e. The van der Waals surface area contributed by atoms with Gasteiger partial charge < -0.3 is 19.7 Å². The van der Waals surface area contributed by atoms with Gasteiger partial charge in [-0.2, -0.15) is 0 Å². The molecule has 2 N–H and O–H groups in total. The Bertz CT molecular complexity index is 625. The minimum atomic E-state index is -1.20. The quantitative estimate of drug-likeness (QED) is 0.824. The first kappa shape index (κ1) is 17.1. The van der Waals surface area contributed by atoms with Gasteiger partial charge in [-0.15, -0.1) is 0 Å². The molecule has 0 unspecified atom stereocenters. The summed E-state index contributed by atoms with van der Waals surface area (Å²) in [5, 5.41) is 18.5. The summed E-state index contributed by atoms with van der Waals surface area (Å²) in [6, 6.07) is 3.18. The van der Waals surface area contributed by atoms with E-state index in [1.807, 2.05) is 6.92 Å². The molecule has 0 bridgehead atoms. The van der Waals surface area contributed by atoms with Gasteiger partial charge in [0.1, 0.15) is 6.54 Å². The Kier molecular flexibility index (Phi) is 4.79. The van der Waals surface area contributed by atoms with Crippen molar-refractivity contribution in [2.75, 3.05) is 18.1 Å². The zero-order valence-electron chi connectivity index (χ0n) is 13.5. The van der Waals surface area contributed by atoms with Crippen LogP contribution in [0, 0.1) is 0 Å². The molecule has 0 fully saturated rings. The predicted octanol–water partition coefficient (Wildman–Crippen LogP) is 1.56. The van der Waals surface area contributed by atoms with Gasteiger partial charge in [-0.25, -0.2) is 0 Å². The number of aliphatic hydroxyl groups excluding tert-OH is 1. The van der Waals surface area contributed by atoms with E-state index in [0.29, 0.717) is 29.4 Å². The van der Waals surface area contributed by atoms with Crippen molar-refractivity contribution in [1.29, 1.82) is 0 Å². The normalized spacial score (nSPS) is 15.8. The molecule has 0 saturated carbocycles. The van der Waals surface area contributed by atoms with Crippen LogP contribution in [0.25, 0.3) is 0 Å². The number of nitrogens with zero attached hydrogens (tertiary/aromatic N) is 1. The Hall–Kier alpha value is -2.28. The molecule has 23 heavy (non-hydrogen) atoms. The van der Waals surface area contributed by atoms with Gasteiger partial charge in [-0.05, 0) is 38.0 Å². The molecule has 0 atom stereocenters. The van der Waals surface area contributed by atoms with Crippen molar-refractivity contribution in [3.8, 4) is 11.5 Å². The molecule has 1 amide bonds. The molecule has 0 spiro atoms. The van der Waals surface area contributed by atoms with Gasteiger partial charge in [-0.3, -0.25) is 14.5 Å². The van der Waals surface area contributed by atoms with E-state index < -0.39 is 24.0 Å². The number of aliphatic hydroxyl groups is 1. The Balaban J connectivity index is 2.58. The summed E-state index contributed by atoms with van der Waals surface area (Å²) in [6.07, 6.45) is 0.777. The fraction of sp³-hybridized carbons (Fsp3) is 0.500. The third kappa shape index (κ3) is 3.39. The molecule has 1 heterocycles. The summed E-state index contributed by atoms with van der Waals surface area (Å²) < 4.78 is 11.4. The minimum Gasteiger partial charge on any atom is -0.490 e. The SMILES string of the molecule is CCCOc1cc(CO)cc2c1OC(C)(C)C(=O)N2CC(=O)O. The molecule has 7 heteroatoms. The lowest BCUT2D eigenvalue weighted by Crippen LogP contribution is -2.54. The van der Waals surface area contributed by atoms with Gasteiger partial charge in [0.2, 0.25) is 0 Å². The van der Waals surface area contributed by atoms with Crippen LogP contribution in [0.5, 0.6) is 11.5 Å².